The number of benzene rings is 3. The van der Waals surface area contributed by atoms with Gasteiger partial charge < -0.3 is 15.0 Å². The van der Waals surface area contributed by atoms with E-state index < -0.39 is 17.9 Å². The summed E-state index contributed by atoms with van der Waals surface area (Å²) in [6.07, 6.45) is 2.07. The summed E-state index contributed by atoms with van der Waals surface area (Å²) >= 11 is 0. The Hall–Kier alpha value is -4.50. The van der Waals surface area contributed by atoms with E-state index in [1.165, 1.54) is 6.92 Å². The number of hydroxylamine groups is 2. The number of rotatable bonds is 11. The van der Waals surface area contributed by atoms with Gasteiger partial charge in [0.1, 0.15) is 5.82 Å². The van der Waals surface area contributed by atoms with E-state index in [4.69, 9.17) is 4.98 Å². The first kappa shape index (κ1) is 28.5. The summed E-state index contributed by atoms with van der Waals surface area (Å²) < 4.78 is 2.07. The maximum Gasteiger partial charge on any atom is 0.335 e. The van der Waals surface area contributed by atoms with Crippen molar-refractivity contribution < 1.29 is 24.7 Å². The molecular weight excluding hydrogens is 508 g/mol. The second-order valence-electron chi connectivity index (χ2n) is 9.99. The molecule has 9 nitrogen and oxygen atoms in total. The highest BCUT2D eigenvalue weighted by molar-refractivity contribution is 5.98. The van der Waals surface area contributed by atoms with Gasteiger partial charge >= 0.3 is 5.97 Å². The van der Waals surface area contributed by atoms with Crippen molar-refractivity contribution in [2.75, 3.05) is 6.54 Å². The molecule has 4 rings (SSSR count). The van der Waals surface area contributed by atoms with Crippen LogP contribution in [-0.2, 0) is 24.2 Å². The number of carboxylic acids is 1. The van der Waals surface area contributed by atoms with Crippen molar-refractivity contribution >= 4 is 28.8 Å². The van der Waals surface area contributed by atoms with Crippen molar-refractivity contribution in [2.24, 2.45) is 0 Å². The van der Waals surface area contributed by atoms with Gasteiger partial charge in [-0.3, -0.25) is 14.8 Å². The van der Waals surface area contributed by atoms with Crippen LogP contribution < -0.4 is 5.32 Å². The number of carbonyl (C=O) groups excluding carboxylic acids is 2. The van der Waals surface area contributed by atoms with Gasteiger partial charge in [0.2, 0.25) is 5.91 Å². The number of hydrogen-bond donors (Lipinski definition) is 3. The number of nitrogens with zero attached hydrogens (tertiary/aromatic N) is 3. The number of hydrogen-bond acceptors (Lipinski definition) is 5. The van der Waals surface area contributed by atoms with Gasteiger partial charge in [0.25, 0.3) is 5.91 Å². The first-order chi connectivity index (χ1) is 19.2. The number of aromatic nitrogens is 2. The van der Waals surface area contributed by atoms with Crippen LogP contribution in [0.1, 0.15) is 63.5 Å². The highest BCUT2D eigenvalue weighted by Crippen LogP contribution is 2.25. The van der Waals surface area contributed by atoms with Crippen LogP contribution in [0.3, 0.4) is 0 Å². The van der Waals surface area contributed by atoms with E-state index in [1.807, 2.05) is 43.3 Å². The van der Waals surface area contributed by atoms with Crippen molar-refractivity contribution in [3.05, 3.63) is 100 Å². The fourth-order valence-corrected chi connectivity index (χ4v) is 4.76. The molecule has 1 aromatic heterocycles. The molecule has 0 spiro atoms. The van der Waals surface area contributed by atoms with E-state index in [-0.39, 0.29) is 18.0 Å². The maximum atomic E-state index is 13.5. The molecule has 9 heteroatoms. The molecule has 3 N–H and O–H groups in total. The third-order valence-corrected chi connectivity index (χ3v) is 6.82. The molecule has 1 atom stereocenters. The summed E-state index contributed by atoms with van der Waals surface area (Å²) in [5.41, 5.74) is 5.02. The zero-order valence-corrected chi connectivity index (χ0v) is 22.9. The molecule has 208 valence electrons. The van der Waals surface area contributed by atoms with Gasteiger partial charge in [-0.15, -0.1) is 0 Å². The van der Waals surface area contributed by atoms with E-state index >= 15 is 0 Å². The van der Waals surface area contributed by atoms with Crippen LogP contribution in [0.5, 0.6) is 0 Å². The zero-order chi connectivity index (χ0) is 28.8. The Bertz CT molecular complexity index is 1510. The minimum atomic E-state index is -0.976. The van der Waals surface area contributed by atoms with Gasteiger partial charge in [-0.05, 0) is 60.7 Å². The normalized spacial score (nSPS) is 11.8. The Kier molecular flexibility index (Phi) is 8.96. The SMILES string of the molecule is CCCc1nc2c(C)cc(C(=O)NC(Cc3ccccc3)CN(O)C(C)=O)cc2n1Cc1ccc(C(=O)O)cc1. The largest absolute Gasteiger partial charge is 0.478 e. The van der Waals surface area contributed by atoms with Crippen LogP contribution in [0.2, 0.25) is 0 Å². The average Bonchev–Trinajstić information content (AvgIpc) is 3.27. The number of carbonyl (C=O) groups is 3. The second-order valence-corrected chi connectivity index (χ2v) is 9.99. The van der Waals surface area contributed by atoms with E-state index in [1.54, 1.807) is 30.3 Å². The first-order valence-corrected chi connectivity index (χ1v) is 13.3. The molecule has 0 aliphatic carbocycles. The Morgan fingerprint density at radius 1 is 1.00 bits per heavy atom. The van der Waals surface area contributed by atoms with E-state index in [0.29, 0.717) is 23.6 Å². The first-order valence-electron chi connectivity index (χ1n) is 13.3. The van der Waals surface area contributed by atoms with Crippen LogP contribution in [0.25, 0.3) is 11.0 Å². The summed E-state index contributed by atoms with van der Waals surface area (Å²) in [4.78, 5) is 41.4. The number of imidazole rings is 1. The molecule has 0 bridgehead atoms. The average molecular weight is 543 g/mol. The van der Waals surface area contributed by atoms with Gasteiger partial charge in [0.15, 0.2) is 0 Å². The molecule has 1 unspecified atom stereocenters. The minimum absolute atomic E-state index is 0.0535. The minimum Gasteiger partial charge on any atom is -0.478 e. The van der Waals surface area contributed by atoms with Crippen LogP contribution in [0, 0.1) is 6.92 Å². The highest BCUT2D eigenvalue weighted by atomic mass is 16.5. The van der Waals surface area contributed by atoms with Crippen molar-refractivity contribution in [3.8, 4) is 0 Å². The molecule has 40 heavy (non-hydrogen) atoms. The summed E-state index contributed by atoms with van der Waals surface area (Å²) in [6.45, 7) is 5.69. The van der Waals surface area contributed by atoms with Crippen LogP contribution in [0.4, 0.5) is 0 Å². The molecule has 1 heterocycles. The smallest absolute Gasteiger partial charge is 0.335 e. The summed E-state index contributed by atoms with van der Waals surface area (Å²) in [6, 6.07) is 19.4. The van der Waals surface area contributed by atoms with Crippen molar-refractivity contribution in [2.45, 2.75) is 52.6 Å². The Morgan fingerprint density at radius 2 is 1.70 bits per heavy atom. The molecular formula is C31H34N4O5. The number of fused-ring (bicyclic) bond motifs is 1. The highest BCUT2D eigenvalue weighted by Gasteiger charge is 2.21. The Morgan fingerprint density at radius 3 is 2.33 bits per heavy atom. The number of carboxylic acid groups (broad SMARTS) is 1. The standard InChI is InChI=1S/C31H34N4O5/c1-4-8-28-33-29-20(2)15-25(17-27(29)34(28)18-23-11-13-24(14-12-23)31(38)39)30(37)32-26(19-35(40)21(3)36)16-22-9-6-5-7-10-22/h5-7,9-15,17,26,40H,4,8,16,18-19H2,1-3H3,(H,32,37)(H,38,39). The predicted molar refractivity (Wildman–Crippen MR) is 152 cm³/mol. The van der Waals surface area contributed by atoms with Crippen LogP contribution in [-0.4, -0.2) is 55.3 Å². The van der Waals surface area contributed by atoms with Crippen molar-refractivity contribution in [1.82, 2.24) is 19.9 Å². The molecule has 0 saturated heterocycles. The molecule has 4 aromatic rings. The quantitative estimate of drug-likeness (QED) is 0.188. The fraction of sp³-hybridized carbons (Fsp3) is 0.290. The Balaban J connectivity index is 1.66. The molecule has 0 aliphatic heterocycles. The zero-order valence-electron chi connectivity index (χ0n) is 22.9. The Labute approximate surface area is 233 Å². The summed E-state index contributed by atoms with van der Waals surface area (Å²) in [5, 5.41) is 23.0. The fourth-order valence-electron chi connectivity index (χ4n) is 4.76. The number of aryl methyl sites for hydroxylation is 2. The monoisotopic (exact) mass is 542 g/mol. The maximum absolute atomic E-state index is 13.5. The number of aromatic carboxylic acids is 1. The summed E-state index contributed by atoms with van der Waals surface area (Å²) in [7, 11) is 0. The molecule has 0 saturated carbocycles. The lowest BCUT2D eigenvalue weighted by molar-refractivity contribution is -0.163. The van der Waals surface area contributed by atoms with E-state index in [2.05, 4.69) is 16.8 Å². The van der Waals surface area contributed by atoms with Gasteiger partial charge in [0.05, 0.1) is 29.2 Å². The topological polar surface area (TPSA) is 125 Å². The molecule has 0 fully saturated rings. The molecule has 3 aromatic carbocycles. The van der Waals surface area contributed by atoms with Gasteiger partial charge in [-0.1, -0.05) is 49.4 Å². The number of amides is 2. The lowest BCUT2D eigenvalue weighted by atomic mass is 10.0. The molecule has 0 radical (unpaired) electrons. The molecule has 2 amide bonds. The third kappa shape index (κ3) is 6.73. The lowest BCUT2D eigenvalue weighted by Crippen LogP contribution is -2.45. The van der Waals surface area contributed by atoms with Crippen LogP contribution in [0.15, 0.2) is 66.7 Å². The van der Waals surface area contributed by atoms with Crippen molar-refractivity contribution in [1.29, 1.82) is 0 Å². The van der Waals surface area contributed by atoms with Crippen molar-refractivity contribution in [3.63, 3.8) is 0 Å². The molecule has 0 aliphatic rings. The van der Waals surface area contributed by atoms with E-state index in [0.717, 1.165) is 46.4 Å². The number of nitrogens with one attached hydrogen (secondary N) is 1. The second kappa shape index (κ2) is 12.6. The summed E-state index contributed by atoms with van der Waals surface area (Å²) in [5.74, 6) is -0.914. The lowest BCUT2D eigenvalue weighted by Gasteiger charge is -2.23. The van der Waals surface area contributed by atoms with E-state index in [9.17, 15) is 24.7 Å². The van der Waals surface area contributed by atoms with Crippen LogP contribution >= 0.6 is 0 Å². The third-order valence-electron chi connectivity index (χ3n) is 6.82. The predicted octanol–water partition coefficient (Wildman–Crippen LogP) is 4.62. The van der Waals surface area contributed by atoms with Gasteiger partial charge in [0, 0.05) is 25.5 Å². The van der Waals surface area contributed by atoms with Gasteiger partial charge in [-0.2, -0.15) is 0 Å². The van der Waals surface area contributed by atoms with Gasteiger partial charge in [-0.25, -0.2) is 14.8 Å².